The molecule has 4 nitrogen and oxygen atoms in total. The third-order valence-corrected chi connectivity index (χ3v) is 4.60. The maximum Gasteiger partial charge on any atom is 0.224 e. The zero-order valence-electron chi connectivity index (χ0n) is 15.5. The van der Waals surface area contributed by atoms with Gasteiger partial charge < -0.3 is 9.64 Å². The van der Waals surface area contributed by atoms with Crippen LogP contribution in [0.4, 0.5) is 5.69 Å². The minimum Gasteiger partial charge on any atom is -0.474 e. The summed E-state index contributed by atoms with van der Waals surface area (Å²) in [6, 6.07) is 4.38. The second kappa shape index (κ2) is 8.29. The lowest BCUT2D eigenvalue weighted by Gasteiger charge is -2.11. The molecule has 0 fully saturated rings. The molecule has 0 saturated carbocycles. The maximum atomic E-state index is 5.65. The van der Waals surface area contributed by atoms with Crippen molar-refractivity contribution < 1.29 is 4.74 Å². The predicted octanol–water partition coefficient (Wildman–Crippen LogP) is 4.75. The Balaban J connectivity index is 2.15. The van der Waals surface area contributed by atoms with Crippen LogP contribution in [-0.2, 0) is 6.42 Å². The fraction of sp³-hybridized carbons (Fsp3) is 0.474. The van der Waals surface area contributed by atoms with Crippen molar-refractivity contribution in [1.29, 1.82) is 0 Å². The van der Waals surface area contributed by atoms with E-state index < -0.39 is 0 Å². The Morgan fingerprint density at radius 2 is 2.04 bits per heavy atom. The molecule has 0 aliphatic heterocycles. The molecule has 2 aromatic rings. The SMILES string of the molecule is CCN(C)/C=N\c1cc(C)c(Cc2nc(OC(C)C)cs2)cc1C. The Hall–Kier alpha value is -1.88. The highest BCUT2D eigenvalue weighted by Crippen LogP contribution is 2.27. The van der Waals surface area contributed by atoms with Gasteiger partial charge in [0.05, 0.1) is 23.5 Å². The molecule has 24 heavy (non-hydrogen) atoms. The molecule has 1 heterocycles. The molecule has 0 N–H and O–H groups in total. The van der Waals surface area contributed by atoms with E-state index in [4.69, 9.17) is 4.74 Å². The van der Waals surface area contributed by atoms with Crippen LogP contribution < -0.4 is 4.74 Å². The molecule has 2 rings (SSSR count). The average molecular weight is 346 g/mol. The Bertz CT molecular complexity index is 707. The molecule has 0 aliphatic carbocycles. The zero-order chi connectivity index (χ0) is 17.7. The maximum absolute atomic E-state index is 5.65. The molecule has 5 heteroatoms. The van der Waals surface area contributed by atoms with Gasteiger partial charge in [0.2, 0.25) is 5.88 Å². The Morgan fingerprint density at radius 3 is 2.71 bits per heavy atom. The molecule has 0 amide bonds. The summed E-state index contributed by atoms with van der Waals surface area (Å²) in [5, 5.41) is 3.06. The quantitative estimate of drug-likeness (QED) is 0.537. The van der Waals surface area contributed by atoms with Crippen molar-refractivity contribution in [3.8, 4) is 5.88 Å². The highest BCUT2D eigenvalue weighted by atomic mass is 32.1. The van der Waals surface area contributed by atoms with Gasteiger partial charge in [-0.05, 0) is 57.4 Å². The van der Waals surface area contributed by atoms with Gasteiger partial charge in [0.15, 0.2) is 0 Å². The monoisotopic (exact) mass is 345 g/mol. The first-order valence-electron chi connectivity index (χ1n) is 8.34. The summed E-state index contributed by atoms with van der Waals surface area (Å²) in [6.07, 6.45) is 2.87. The number of aryl methyl sites for hydroxylation is 2. The zero-order valence-corrected chi connectivity index (χ0v) is 16.3. The van der Waals surface area contributed by atoms with E-state index >= 15 is 0 Å². The topological polar surface area (TPSA) is 37.7 Å². The van der Waals surface area contributed by atoms with Gasteiger partial charge in [0.25, 0.3) is 0 Å². The average Bonchev–Trinajstić information content (AvgIpc) is 2.95. The Labute approximate surface area is 149 Å². The molecule has 0 saturated heterocycles. The molecule has 0 atom stereocenters. The third kappa shape index (κ3) is 5.06. The van der Waals surface area contributed by atoms with Crippen LogP contribution in [0.2, 0.25) is 0 Å². The lowest BCUT2D eigenvalue weighted by molar-refractivity contribution is 0.234. The van der Waals surface area contributed by atoms with Crippen molar-refractivity contribution in [2.24, 2.45) is 4.99 Å². The standard InChI is InChI=1S/C19H27N3OS/c1-7-22(6)12-20-17-9-14(4)16(8-15(17)5)10-19-21-18(11-24-19)23-13(2)3/h8-9,11-13H,7,10H2,1-6H3/b20-12-. The number of benzene rings is 1. The second-order valence-corrected chi connectivity index (χ2v) is 7.25. The first-order chi connectivity index (χ1) is 11.4. The number of rotatable bonds is 7. The number of hydrogen-bond acceptors (Lipinski definition) is 4. The first-order valence-corrected chi connectivity index (χ1v) is 9.22. The van der Waals surface area contributed by atoms with Crippen LogP contribution in [0.3, 0.4) is 0 Å². The van der Waals surface area contributed by atoms with E-state index in [2.05, 4.69) is 47.8 Å². The number of ether oxygens (including phenoxy) is 1. The van der Waals surface area contributed by atoms with Gasteiger partial charge in [-0.3, -0.25) is 0 Å². The van der Waals surface area contributed by atoms with Crippen LogP contribution >= 0.6 is 11.3 Å². The van der Waals surface area contributed by atoms with Crippen molar-refractivity contribution in [2.75, 3.05) is 13.6 Å². The van der Waals surface area contributed by atoms with E-state index in [0.717, 1.165) is 29.5 Å². The molecule has 0 unspecified atom stereocenters. The molecule has 0 spiro atoms. The first kappa shape index (κ1) is 18.5. The summed E-state index contributed by atoms with van der Waals surface area (Å²) < 4.78 is 5.65. The normalized spacial score (nSPS) is 11.5. The second-order valence-electron chi connectivity index (χ2n) is 6.31. The van der Waals surface area contributed by atoms with E-state index in [0.29, 0.717) is 0 Å². The van der Waals surface area contributed by atoms with Gasteiger partial charge in [-0.1, -0.05) is 6.07 Å². The molecule has 1 aromatic heterocycles. The van der Waals surface area contributed by atoms with Gasteiger partial charge in [-0.2, -0.15) is 0 Å². The molecule has 0 radical (unpaired) electrons. The van der Waals surface area contributed by atoms with Gasteiger partial charge in [-0.15, -0.1) is 11.3 Å². The van der Waals surface area contributed by atoms with Crippen LogP contribution in [-0.4, -0.2) is 35.9 Å². The minimum atomic E-state index is 0.155. The highest BCUT2D eigenvalue weighted by Gasteiger charge is 2.09. The number of aliphatic imine (C=N–C) groups is 1. The summed E-state index contributed by atoms with van der Waals surface area (Å²) in [5.41, 5.74) is 4.75. The lowest BCUT2D eigenvalue weighted by atomic mass is 10.0. The predicted molar refractivity (Wildman–Crippen MR) is 103 cm³/mol. The van der Waals surface area contributed by atoms with Gasteiger partial charge in [0, 0.05) is 20.0 Å². The van der Waals surface area contributed by atoms with Crippen molar-refractivity contribution in [2.45, 2.75) is 47.1 Å². The molecule has 130 valence electrons. The van der Waals surface area contributed by atoms with Crippen LogP contribution in [0.5, 0.6) is 5.88 Å². The van der Waals surface area contributed by atoms with E-state index in [1.807, 2.05) is 32.6 Å². The van der Waals surface area contributed by atoms with Crippen molar-refractivity contribution in [3.63, 3.8) is 0 Å². The van der Waals surface area contributed by atoms with Gasteiger partial charge >= 0.3 is 0 Å². The van der Waals surface area contributed by atoms with Crippen LogP contribution in [0.15, 0.2) is 22.5 Å². The van der Waals surface area contributed by atoms with Crippen LogP contribution in [0.25, 0.3) is 0 Å². The van der Waals surface area contributed by atoms with Crippen molar-refractivity contribution in [1.82, 2.24) is 9.88 Å². The van der Waals surface area contributed by atoms with Crippen molar-refractivity contribution in [3.05, 3.63) is 39.2 Å². The Morgan fingerprint density at radius 1 is 1.29 bits per heavy atom. The van der Waals surface area contributed by atoms with Crippen LogP contribution in [0.1, 0.15) is 42.5 Å². The molecular weight excluding hydrogens is 318 g/mol. The summed E-state index contributed by atoms with van der Waals surface area (Å²) >= 11 is 1.65. The lowest BCUT2D eigenvalue weighted by Crippen LogP contribution is -2.14. The smallest absolute Gasteiger partial charge is 0.224 e. The van der Waals surface area contributed by atoms with E-state index in [1.54, 1.807) is 11.3 Å². The third-order valence-electron chi connectivity index (χ3n) is 3.78. The Kier molecular flexibility index (Phi) is 6.37. The summed E-state index contributed by atoms with van der Waals surface area (Å²) in [4.78, 5) is 11.2. The highest BCUT2D eigenvalue weighted by molar-refractivity contribution is 7.09. The molecular formula is C19H27N3OS. The summed E-state index contributed by atoms with van der Waals surface area (Å²) in [7, 11) is 2.03. The number of aromatic nitrogens is 1. The molecule has 0 bridgehead atoms. The minimum absolute atomic E-state index is 0.155. The van der Waals surface area contributed by atoms with Crippen molar-refractivity contribution >= 4 is 23.4 Å². The summed E-state index contributed by atoms with van der Waals surface area (Å²) in [5.74, 6) is 0.725. The fourth-order valence-corrected chi connectivity index (χ4v) is 2.99. The number of hydrogen-bond donors (Lipinski definition) is 0. The van der Waals surface area contributed by atoms with E-state index in [9.17, 15) is 0 Å². The number of nitrogens with zero attached hydrogens (tertiary/aromatic N) is 3. The molecule has 0 aliphatic rings. The molecule has 1 aromatic carbocycles. The van der Waals surface area contributed by atoms with E-state index in [-0.39, 0.29) is 6.10 Å². The fourth-order valence-electron chi connectivity index (χ4n) is 2.27. The van der Waals surface area contributed by atoms with Gasteiger partial charge in [-0.25, -0.2) is 9.98 Å². The largest absolute Gasteiger partial charge is 0.474 e. The summed E-state index contributed by atoms with van der Waals surface area (Å²) in [6.45, 7) is 11.3. The van der Waals surface area contributed by atoms with Gasteiger partial charge in [0.1, 0.15) is 5.01 Å². The van der Waals surface area contributed by atoms with Crippen LogP contribution in [0, 0.1) is 13.8 Å². The van der Waals surface area contributed by atoms with E-state index in [1.165, 1.54) is 16.7 Å². The number of thiazole rings is 1.